The molecule has 0 saturated carbocycles. The number of amides is 1. The Labute approximate surface area is 206 Å². The van der Waals surface area contributed by atoms with Crippen molar-refractivity contribution in [1.82, 2.24) is 19.7 Å². The predicted octanol–water partition coefficient (Wildman–Crippen LogP) is 5.66. The van der Waals surface area contributed by atoms with Crippen molar-refractivity contribution in [3.05, 3.63) is 53.9 Å². The van der Waals surface area contributed by atoms with Gasteiger partial charge in [0.05, 0.1) is 23.1 Å². The average molecular weight is 498 g/mol. The summed E-state index contributed by atoms with van der Waals surface area (Å²) in [6.07, 6.45) is -0.337. The number of para-hydroxylation sites is 1. The summed E-state index contributed by atoms with van der Waals surface area (Å²) in [7, 11) is 1.62. The summed E-state index contributed by atoms with van der Waals surface area (Å²) >= 11 is 2.81. The summed E-state index contributed by atoms with van der Waals surface area (Å²) in [5.74, 6) is 2.17. The molecule has 0 saturated heterocycles. The van der Waals surface area contributed by atoms with Crippen LogP contribution in [0.5, 0.6) is 11.5 Å². The Bertz CT molecular complexity index is 1300. The summed E-state index contributed by atoms with van der Waals surface area (Å²) in [5.41, 5.74) is 2.01. The van der Waals surface area contributed by atoms with Gasteiger partial charge >= 0.3 is 0 Å². The van der Waals surface area contributed by atoms with Crippen LogP contribution in [0.1, 0.15) is 44.3 Å². The maximum Gasteiger partial charge on any atom is 0.236 e. The third-order valence-corrected chi connectivity index (χ3v) is 7.00. The lowest BCUT2D eigenvalue weighted by Gasteiger charge is -2.19. The Morgan fingerprint density at radius 3 is 2.65 bits per heavy atom. The molecule has 178 valence electrons. The molecule has 34 heavy (non-hydrogen) atoms. The monoisotopic (exact) mass is 497 g/mol. The molecule has 0 aliphatic carbocycles. The van der Waals surface area contributed by atoms with Crippen molar-refractivity contribution >= 4 is 44.4 Å². The zero-order chi connectivity index (χ0) is 24.2. The van der Waals surface area contributed by atoms with E-state index in [1.54, 1.807) is 7.11 Å². The molecule has 10 heteroatoms. The zero-order valence-corrected chi connectivity index (χ0v) is 21.4. The number of aryl methyl sites for hydroxylation is 1. The molecule has 2 heterocycles. The number of hydrogen-bond acceptors (Lipinski definition) is 8. The fourth-order valence-electron chi connectivity index (χ4n) is 3.51. The summed E-state index contributed by atoms with van der Waals surface area (Å²) in [6, 6.07) is 13.6. The molecule has 2 aromatic carbocycles. The fraction of sp³-hybridized carbons (Fsp3) is 0.333. The van der Waals surface area contributed by atoms with Crippen LogP contribution in [0.15, 0.2) is 47.6 Å². The van der Waals surface area contributed by atoms with Crippen LogP contribution in [0.2, 0.25) is 0 Å². The number of ether oxygens (including phenoxy) is 2. The number of carbonyl (C=O) groups excluding carboxylic acids is 1. The SMILES string of the molecule is COc1cccc(OC(C)c2nnc(SCC(=O)Nc3nc4c(C)cccc4s3)n2C(C)C)c1. The number of thioether (sulfide) groups is 1. The number of methoxy groups -OCH3 is 1. The third kappa shape index (κ3) is 5.34. The van der Waals surface area contributed by atoms with E-state index < -0.39 is 0 Å². The molecular weight excluding hydrogens is 470 g/mol. The number of anilines is 1. The van der Waals surface area contributed by atoms with Crippen molar-refractivity contribution in [2.45, 2.75) is 45.0 Å². The second-order valence-electron chi connectivity index (χ2n) is 8.02. The lowest BCUT2D eigenvalue weighted by Crippen LogP contribution is -2.16. The highest BCUT2D eigenvalue weighted by atomic mass is 32.2. The first-order valence-corrected chi connectivity index (χ1v) is 12.7. The van der Waals surface area contributed by atoms with Crippen LogP contribution in [-0.2, 0) is 4.79 Å². The second-order valence-corrected chi connectivity index (χ2v) is 9.99. The van der Waals surface area contributed by atoms with E-state index in [2.05, 4.69) is 34.3 Å². The number of nitrogens with zero attached hydrogens (tertiary/aromatic N) is 4. The number of carbonyl (C=O) groups is 1. The van der Waals surface area contributed by atoms with Gasteiger partial charge in [0.1, 0.15) is 11.5 Å². The minimum Gasteiger partial charge on any atom is -0.497 e. The van der Waals surface area contributed by atoms with Gasteiger partial charge in [0, 0.05) is 12.1 Å². The lowest BCUT2D eigenvalue weighted by molar-refractivity contribution is -0.113. The van der Waals surface area contributed by atoms with E-state index in [1.807, 2.05) is 60.9 Å². The molecule has 1 atom stereocenters. The molecular formula is C24H27N5O3S2. The number of thiazole rings is 1. The molecule has 2 aromatic heterocycles. The van der Waals surface area contributed by atoms with Crippen molar-refractivity contribution in [2.24, 2.45) is 0 Å². The van der Waals surface area contributed by atoms with Crippen LogP contribution in [0.4, 0.5) is 5.13 Å². The van der Waals surface area contributed by atoms with E-state index in [0.29, 0.717) is 21.9 Å². The van der Waals surface area contributed by atoms with Gasteiger partial charge in [-0.3, -0.25) is 4.79 Å². The number of benzene rings is 2. The third-order valence-electron chi connectivity index (χ3n) is 5.12. The van der Waals surface area contributed by atoms with Crippen LogP contribution in [0.3, 0.4) is 0 Å². The minimum atomic E-state index is -0.337. The van der Waals surface area contributed by atoms with Crippen LogP contribution < -0.4 is 14.8 Å². The number of fused-ring (bicyclic) bond motifs is 1. The first-order chi connectivity index (χ1) is 16.4. The van der Waals surface area contributed by atoms with Gasteiger partial charge in [0.25, 0.3) is 0 Å². The first-order valence-electron chi connectivity index (χ1n) is 10.9. The van der Waals surface area contributed by atoms with Crippen molar-refractivity contribution in [3.63, 3.8) is 0 Å². The van der Waals surface area contributed by atoms with Gasteiger partial charge in [0.2, 0.25) is 5.91 Å². The Balaban J connectivity index is 1.43. The Kier molecular flexibility index (Phi) is 7.38. The Morgan fingerprint density at radius 1 is 1.15 bits per heavy atom. The first kappa shape index (κ1) is 24.0. The molecule has 1 unspecified atom stereocenters. The van der Waals surface area contributed by atoms with Gasteiger partial charge in [0.15, 0.2) is 22.2 Å². The summed E-state index contributed by atoms with van der Waals surface area (Å²) < 4.78 is 14.4. The maximum atomic E-state index is 12.6. The van der Waals surface area contributed by atoms with Crippen molar-refractivity contribution in [3.8, 4) is 11.5 Å². The number of nitrogens with one attached hydrogen (secondary N) is 1. The van der Waals surface area contributed by atoms with E-state index in [-0.39, 0.29) is 23.8 Å². The highest BCUT2D eigenvalue weighted by molar-refractivity contribution is 7.99. The second kappa shape index (κ2) is 10.4. The molecule has 8 nitrogen and oxygen atoms in total. The van der Waals surface area contributed by atoms with Crippen LogP contribution >= 0.6 is 23.1 Å². The molecule has 4 aromatic rings. The molecule has 0 aliphatic heterocycles. The number of hydrogen-bond donors (Lipinski definition) is 1. The Hall–Kier alpha value is -3.11. The van der Waals surface area contributed by atoms with E-state index in [4.69, 9.17) is 9.47 Å². The minimum absolute atomic E-state index is 0.0964. The average Bonchev–Trinajstić information content (AvgIpc) is 3.42. The molecule has 4 rings (SSSR count). The normalized spacial score (nSPS) is 12.2. The smallest absolute Gasteiger partial charge is 0.236 e. The van der Waals surface area contributed by atoms with E-state index in [1.165, 1.54) is 23.1 Å². The summed E-state index contributed by atoms with van der Waals surface area (Å²) in [5, 5.41) is 12.9. The van der Waals surface area contributed by atoms with Gasteiger partial charge in [-0.1, -0.05) is 41.3 Å². The molecule has 0 fully saturated rings. The van der Waals surface area contributed by atoms with Crippen molar-refractivity contribution < 1.29 is 14.3 Å². The predicted molar refractivity (Wildman–Crippen MR) is 136 cm³/mol. The highest BCUT2D eigenvalue weighted by Crippen LogP contribution is 2.30. The highest BCUT2D eigenvalue weighted by Gasteiger charge is 2.22. The summed E-state index contributed by atoms with van der Waals surface area (Å²) in [6.45, 7) is 8.05. The maximum absolute atomic E-state index is 12.6. The molecule has 0 bridgehead atoms. The molecule has 1 N–H and O–H groups in total. The standard InChI is InChI=1S/C24H27N5O3S2/c1-14(2)29-22(16(4)32-18-10-7-9-17(12-18)31-5)27-28-24(29)33-13-20(30)25-23-26-21-15(3)8-6-11-19(21)34-23/h6-12,14,16H,13H2,1-5H3,(H,25,26,30). The van der Waals surface area contributed by atoms with Crippen LogP contribution in [-0.4, -0.2) is 38.5 Å². The van der Waals surface area contributed by atoms with E-state index in [9.17, 15) is 4.79 Å². The number of rotatable bonds is 9. The van der Waals surface area contributed by atoms with E-state index in [0.717, 1.165) is 21.5 Å². The van der Waals surface area contributed by atoms with Crippen molar-refractivity contribution in [2.75, 3.05) is 18.2 Å². The van der Waals surface area contributed by atoms with Crippen LogP contribution in [0, 0.1) is 6.92 Å². The van der Waals surface area contributed by atoms with Gasteiger partial charge in [-0.05, 0) is 51.5 Å². The topological polar surface area (TPSA) is 91.2 Å². The van der Waals surface area contributed by atoms with Crippen molar-refractivity contribution in [1.29, 1.82) is 0 Å². The fourth-order valence-corrected chi connectivity index (χ4v) is 5.34. The van der Waals surface area contributed by atoms with Crippen LogP contribution in [0.25, 0.3) is 10.2 Å². The van der Waals surface area contributed by atoms with Gasteiger partial charge in [-0.15, -0.1) is 10.2 Å². The van der Waals surface area contributed by atoms with Gasteiger partial charge in [-0.2, -0.15) is 0 Å². The number of aromatic nitrogens is 4. The van der Waals surface area contributed by atoms with E-state index >= 15 is 0 Å². The summed E-state index contributed by atoms with van der Waals surface area (Å²) in [4.78, 5) is 17.2. The zero-order valence-electron chi connectivity index (χ0n) is 19.7. The van der Waals surface area contributed by atoms with Gasteiger partial charge < -0.3 is 19.4 Å². The lowest BCUT2D eigenvalue weighted by atomic mass is 10.2. The molecule has 0 spiro atoms. The quantitative estimate of drug-likeness (QED) is 0.299. The molecule has 1 amide bonds. The largest absolute Gasteiger partial charge is 0.497 e. The van der Waals surface area contributed by atoms with Gasteiger partial charge in [-0.25, -0.2) is 4.98 Å². The molecule has 0 aliphatic rings. The molecule has 0 radical (unpaired) electrons. The Morgan fingerprint density at radius 2 is 1.91 bits per heavy atom.